The summed E-state index contributed by atoms with van der Waals surface area (Å²) in [6.07, 6.45) is 0.809. The number of nitrogens with zero attached hydrogens (tertiary/aromatic N) is 2. The molecule has 0 saturated carbocycles. The molecule has 0 spiro atoms. The van der Waals surface area contributed by atoms with Crippen molar-refractivity contribution in [3.05, 3.63) is 75.3 Å². The van der Waals surface area contributed by atoms with Crippen molar-refractivity contribution >= 4 is 11.6 Å². The molecular weight excluding hydrogens is 318 g/mol. The molecular formula is C19H23N3O3. The highest BCUT2D eigenvalue weighted by Gasteiger charge is 2.17. The minimum Gasteiger partial charge on any atom is -0.352 e. The smallest absolute Gasteiger partial charge is 0.273 e. The third-order valence-electron chi connectivity index (χ3n) is 4.04. The monoisotopic (exact) mass is 341 g/mol. The fourth-order valence-corrected chi connectivity index (χ4v) is 2.69. The average molecular weight is 341 g/mol. The highest BCUT2D eigenvalue weighted by molar-refractivity contribution is 5.96. The van der Waals surface area contributed by atoms with Crippen LogP contribution in [0.4, 0.5) is 5.69 Å². The molecule has 0 radical (unpaired) electrons. The topological polar surface area (TPSA) is 75.5 Å². The Labute approximate surface area is 147 Å². The molecule has 0 atom stereocenters. The van der Waals surface area contributed by atoms with Crippen LogP contribution in [0, 0.1) is 17.0 Å². The summed E-state index contributed by atoms with van der Waals surface area (Å²) in [6.45, 7) is 3.84. The lowest BCUT2D eigenvalue weighted by molar-refractivity contribution is -0.385. The van der Waals surface area contributed by atoms with Gasteiger partial charge >= 0.3 is 0 Å². The number of hydrogen-bond donors (Lipinski definition) is 1. The van der Waals surface area contributed by atoms with Gasteiger partial charge in [0.05, 0.1) is 4.92 Å². The molecule has 1 amide bonds. The first kappa shape index (κ1) is 18.6. The zero-order valence-electron chi connectivity index (χ0n) is 14.6. The standard InChI is InChI=1S/C19H23N3O3/c1-15-17(10-6-11-18(15)22(24)25)19(23)20-12-7-13-21(2)14-16-8-4-3-5-9-16/h3-6,8-11H,7,12-14H2,1-2H3,(H,20,23). The number of carbonyl (C=O) groups excluding carboxylic acids is 1. The normalized spacial score (nSPS) is 10.7. The highest BCUT2D eigenvalue weighted by Crippen LogP contribution is 2.20. The SMILES string of the molecule is Cc1c(C(=O)NCCCN(C)Cc2ccccc2)cccc1[N+](=O)[O-]. The quantitative estimate of drug-likeness (QED) is 0.455. The fourth-order valence-electron chi connectivity index (χ4n) is 2.69. The Morgan fingerprint density at radius 2 is 1.88 bits per heavy atom. The van der Waals surface area contributed by atoms with Crippen LogP contribution in [0.15, 0.2) is 48.5 Å². The lowest BCUT2D eigenvalue weighted by atomic mass is 10.1. The molecule has 6 nitrogen and oxygen atoms in total. The van der Waals surface area contributed by atoms with E-state index in [4.69, 9.17) is 0 Å². The van der Waals surface area contributed by atoms with Gasteiger partial charge in [0.1, 0.15) is 0 Å². The van der Waals surface area contributed by atoms with E-state index in [9.17, 15) is 14.9 Å². The average Bonchev–Trinajstić information content (AvgIpc) is 2.59. The first-order chi connectivity index (χ1) is 12.0. The van der Waals surface area contributed by atoms with E-state index in [1.807, 2.05) is 25.2 Å². The van der Waals surface area contributed by atoms with Crippen molar-refractivity contribution in [1.29, 1.82) is 0 Å². The zero-order chi connectivity index (χ0) is 18.2. The van der Waals surface area contributed by atoms with Crippen LogP contribution in [-0.2, 0) is 6.54 Å². The summed E-state index contributed by atoms with van der Waals surface area (Å²) in [4.78, 5) is 24.9. The molecule has 1 N–H and O–H groups in total. The molecule has 0 saturated heterocycles. The van der Waals surface area contributed by atoms with E-state index in [1.165, 1.54) is 17.7 Å². The van der Waals surface area contributed by atoms with Gasteiger partial charge in [-0.05, 0) is 38.6 Å². The first-order valence-electron chi connectivity index (χ1n) is 8.23. The predicted molar refractivity (Wildman–Crippen MR) is 97.6 cm³/mol. The van der Waals surface area contributed by atoms with E-state index in [0.717, 1.165) is 19.5 Å². The van der Waals surface area contributed by atoms with Crippen LogP contribution in [0.25, 0.3) is 0 Å². The lowest BCUT2D eigenvalue weighted by Crippen LogP contribution is -2.28. The van der Waals surface area contributed by atoms with E-state index in [2.05, 4.69) is 22.3 Å². The molecule has 0 aliphatic heterocycles. The van der Waals surface area contributed by atoms with Gasteiger partial charge in [-0.3, -0.25) is 14.9 Å². The molecule has 6 heteroatoms. The maximum atomic E-state index is 12.2. The number of nitro groups is 1. The van der Waals surface area contributed by atoms with Crippen LogP contribution >= 0.6 is 0 Å². The Balaban J connectivity index is 1.79. The molecule has 0 aliphatic carbocycles. The molecule has 0 aromatic heterocycles. The van der Waals surface area contributed by atoms with Crippen molar-refractivity contribution in [3.63, 3.8) is 0 Å². The van der Waals surface area contributed by atoms with E-state index < -0.39 is 4.92 Å². The van der Waals surface area contributed by atoms with Crippen molar-refractivity contribution in [2.75, 3.05) is 20.1 Å². The van der Waals surface area contributed by atoms with Gasteiger partial charge in [0.2, 0.25) is 0 Å². The van der Waals surface area contributed by atoms with E-state index >= 15 is 0 Å². The number of amides is 1. The lowest BCUT2D eigenvalue weighted by Gasteiger charge is -2.16. The minimum atomic E-state index is -0.468. The molecule has 2 rings (SSSR count). The number of hydrogen-bond acceptors (Lipinski definition) is 4. The second kappa shape index (κ2) is 8.94. The summed E-state index contributed by atoms with van der Waals surface area (Å²) in [6, 6.07) is 14.8. The maximum absolute atomic E-state index is 12.2. The largest absolute Gasteiger partial charge is 0.352 e. The Bertz CT molecular complexity index is 732. The van der Waals surface area contributed by atoms with Crippen molar-refractivity contribution in [3.8, 4) is 0 Å². The molecule has 0 fully saturated rings. The highest BCUT2D eigenvalue weighted by atomic mass is 16.6. The van der Waals surface area contributed by atoms with Crippen LogP contribution in [0.5, 0.6) is 0 Å². The molecule has 0 heterocycles. The Morgan fingerprint density at radius 3 is 2.56 bits per heavy atom. The molecule has 2 aromatic rings. The maximum Gasteiger partial charge on any atom is 0.273 e. The third kappa shape index (κ3) is 5.39. The molecule has 2 aromatic carbocycles. The fraction of sp³-hybridized carbons (Fsp3) is 0.316. The summed E-state index contributed by atoms with van der Waals surface area (Å²) < 4.78 is 0. The van der Waals surface area contributed by atoms with Crippen LogP contribution in [0.1, 0.15) is 27.9 Å². The third-order valence-corrected chi connectivity index (χ3v) is 4.04. The van der Waals surface area contributed by atoms with Crippen molar-refractivity contribution in [1.82, 2.24) is 10.2 Å². The molecule has 0 bridgehead atoms. The summed E-state index contributed by atoms with van der Waals surface area (Å²) in [5.41, 5.74) is 1.97. The van der Waals surface area contributed by atoms with Gasteiger partial charge in [0, 0.05) is 30.3 Å². The van der Waals surface area contributed by atoms with Crippen molar-refractivity contribution in [2.24, 2.45) is 0 Å². The molecule has 0 unspecified atom stereocenters. The van der Waals surface area contributed by atoms with Crippen molar-refractivity contribution in [2.45, 2.75) is 19.9 Å². The number of carbonyl (C=O) groups is 1. The number of nitro benzene ring substituents is 1. The van der Waals surface area contributed by atoms with Gasteiger partial charge in [-0.1, -0.05) is 36.4 Å². The second-order valence-corrected chi connectivity index (χ2v) is 6.04. The summed E-state index contributed by atoms with van der Waals surface area (Å²) in [7, 11) is 2.04. The van der Waals surface area contributed by atoms with Crippen LogP contribution in [0.2, 0.25) is 0 Å². The van der Waals surface area contributed by atoms with E-state index in [-0.39, 0.29) is 11.6 Å². The predicted octanol–water partition coefficient (Wildman–Crippen LogP) is 3.16. The van der Waals surface area contributed by atoms with Gasteiger partial charge in [-0.2, -0.15) is 0 Å². The number of benzene rings is 2. The summed E-state index contributed by atoms with van der Waals surface area (Å²) >= 11 is 0. The van der Waals surface area contributed by atoms with Gasteiger partial charge in [-0.15, -0.1) is 0 Å². The van der Waals surface area contributed by atoms with Crippen LogP contribution < -0.4 is 5.32 Å². The summed E-state index contributed by atoms with van der Waals surface area (Å²) in [5, 5.41) is 13.8. The first-order valence-corrected chi connectivity index (χ1v) is 8.23. The van der Waals surface area contributed by atoms with Gasteiger partial charge in [0.15, 0.2) is 0 Å². The minimum absolute atomic E-state index is 0.0322. The van der Waals surface area contributed by atoms with Gasteiger partial charge < -0.3 is 10.2 Å². The van der Waals surface area contributed by atoms with Crippen LogP contribution in [-0.4, -0.2) is 35.9 Å². The second-order valence-electron chi connectivity index (χ2n) is 6.04. The summed E-state index contributed by atoms with van der Waals surface area (Å²) in [5.74, 6) is -0.271. The number of rotatable bonds is 8. The van der Waals surface area contributed by atoms with Gasteiger partial charge in [-0.25, -0.2) is 0 Å². The molecule has 25 heavy (non-hydrogen) atoms. The number of nitrogens with one attached hydrogen (secondary N) is 1. The Morgan fingerprint density at radius 1 is 1.16 bits per heavy atom. The van der Waals surface area contributed by atoms with Gasteiger partial charge in [0.25, 0.3) is 11.6 Å². The zero-order valence-corrected chi connectivity index (χ0v) is 14.6. The Kier molecular flexibility index (Phi) is 6.65. The molecule has 132 valence electrons. The van der Waals surface area contributed by atoms with E-state index in [1.54, 1.807) is 13.0 Å². The van der Waals surface area contributed by atoms with Crippen LogP contribution in [0.3, 0.4) is 0 Å². The van der Waals surface area contributed by atoms with E-state index in [0.29, 0.717) is 17.7 Å². The van der Waals surface area contributed by atoms with Crippen molar-refractivity contribution < 1.29 is 9.72 Å². The molecule has 0 aliphatic rings. The Hall–Kier alpha value is -2.73.